The topological polar surface area (TPSA) is 111 Å². The van der Waals surface area contributed by atoms with Crippen LogP contribution in [0.15, 0.2) is 0 Å². The summed E-state index contributed by atoms with van der Waals surface area (Å²) >= 11 is 0. The van der Waals surface area contributed by atoms with E-state index >= 15 is 4.39 Å². The molecule has 3 N–H and O–H groups in total. The zero-order valence-electron chi connectivity index (χ0n) is 18.5. The van der Waals surface area contributed by atoms with Crippen molar-refractivity contribution in [1.82, 2.24) is 4.90 Å². The highest BCUT2D eigenvalue weighted by atomic mass is 19.1. The highest BCUT2D eigenvalue weighted by Crippen LogP contribution is 2.52. The summed E-state index contributed by atoms with van der Waals surface area (Å²) in [4.78, 5) is 39.1. The van der Waals surface area contributed by atoms with Crippen molar-refractivity contribution < 1.29 is 32.6 Å². The Kier molecular flexibility index (Phi) is 5.09. The molecule has 1 saturated carbocycles. The summed E-state index contributed by atoms with van der Waals surface area (Å²) in [5.41, 5.74) is 2.94. The van der Waals surface area contributed by atoms with Gasteiger partial charge in [0.25, 0.3) is 5.91 Å². The minimum absolute atomic E-state index is 0.00167. The second-order valence-electron chi connectivity index (χ2n) is 9.85. The molecule has 2 heterocycles. The summed E-state index contributed by atoms with van der Waals surface area (Å²) in [5.74, 6) is -3.50. The number of methoxy groups -OCH3 is 1. The third kappa shape index (κ3) is 3.36. The summed E-state index contributed by atoms with van der Waals surface area (Å²) in [6.07, 6.45) is 0.128. The average Bonchev–Trinajstić information content (AvgIpc) is 3.38. The zero-order valence-corrected chi connectivity index (χ0v) is 18.5. The van der Waals surface area contributed by atoms with Gasteiger partial charge in [-0.1, -0.05) is 0 Å². The average molecular weight is 451 g/mol. The largest absolute Gasteiger partial charge is 0.469 e. The van der Waals surface area contributed by atoms with Crippen LogP contribution in [0.2, 0.25) is 0 Å². The van der Waals surface area contributed by atoms with Crippen molar-refractivity contribution in [2.24, 2.45) is 11.8 Å². The van der Waals surface area contributed by atoms with Gasteiger partial charge in [-0.3, -0.25) is 14.5 Å². The number of ether oxygens (including phenoxy) is 2. The number of rotatable bonds is 3. The second kappa shape index (κ2) is 7.31. The second-order valence-corrected chi connectivity index (χ2v) is 9.85. The monoisotopic (exact) mass is 451 g/mol. The molecule has 0 spiro atoms. The molecule has 2 aliphatic carbocycles. The Hall–Kier alpha value is -2.91. The molecule has 3 fully saturated rings. The maximum atomic E-state index is 15.3. The van der Waals surface area contributed by atoms with Crippen molar-refractivity contribution in [3.05, 3.63) is 22.8 Å². The first-order valence-corrected chi connectivity index (χ1v) is 10.6. The van der Waals surface area contributed by atoms with Gasteiger partial charge in [0.15, 0.2) is 11.6 Å². The molecule has 174 valence electrons. The Morgan fingerprint density at radius 3 is 2.28 bits per heavy atom. The van der Waals surface area contributed by atoms with Crippen molar-refractivity contribution in [2.45, 2.75) is 57.6 Å². The van der Waals surface area contributed by atoms with E-state index in [1.807, 2.05) is 0 Å². The molecule has 1 atom stereocenters. The standard InChI is InChI=1S/C22H27F2N3O5/c1-21(2,3)32-20(30)27-9-10-7-22(27,8-10)19(29)26-17-15(24)13-6-11(18(28)31-4)5-12(13)14(23)16(17)25/h10-11H,5-9,25H2,1-4H3,(H,26,29). The number of esters is 1. The summed E-state index contributed by atoms with van der Waals surface area (Å²) in [5, 5.41) is 2.43. The van der Waals surface area contributed by atoms with Crippen LogP contribution in [0.3, 0.4) is 0 Å². The Morgan fingerprint density at radius 1 is 1.12 bits per heavy atom. The first-order chi connectivity index (χ1) is 14.9. The molecule has 2 bridgehead atoms. The number of benzene rings is 1. The highest BCUT2D eigenvalue weighted by Gasteiger charge is 2.63. The van der Waals surface area contributed by atoms with Gasteiger partial charge in [0.1, 0.15) is 16.8 Å². The molecule has 8 nitrogen and oxygen atoms in total. The molecule has 0 aromatic heterocycles. The third-order valence-corrected chi connectivity index (χ3v) is 6.54. The molecule has 2 aliphatic heterocycles. The fourth-order valence-electron chi connectivity index (χ4n) is 5.03. The van der Waals surface area contributed by atoms with Crippen LogP contribution in [-0.4, -0.2) is 47.7 Å². The summed E-state index contributed by atoms with van der Waals surface area (Å²) in [7, 11) is 1.21. The lowest BCUT2D eigenvalue weighted by Gasteiger charge is -2.40. The predicted molar refractivity (Wildman–Crippen MR) is 111 cm³/mol. The minimum Gasteiger partial charge on any atom is -0.469 e. The molecule has 1 aromatic rings. The molecule has 1 aromatic carbocycles. The Balaban J connectivity index is 1.60. The van der Waals surface area contributed by atoms with Gasteiger partial charge in [-0.15, -0.1) is 0 Å². The van der Waals surface area contributed by atoms with E-state index in [0.29, 0.717) is 19.4 Å². The van der Waals surface area contributed by atoms with Crippen molar-refractivity contribution in [1.29, 1.82) is 0 Å². The highest BCUT2D eigenvalue weighted by molar-refractivity contribution is 6.03. The zero-order chi connectivity index (χ0) is 23.6. The summed E-state index contributed by atoms with van der Waals surface area (Å²) in [6.45, 7) is 5.54. The number of amides is 2. The normalized spacial score (nSPS) is 25.8. The smallest absolute Gasteiger partial charge is 0.411 e. The Bertz CT molecular complexity index is 1010. The van der Waals surface area contributed by atoms with Crippen molar-refractivity contribution >= 4 is 29.3 Å². The van der Waals surface area contributed by atoms with Crippen molar-refractivity contribution in [3.63, 3.8) is 0 Å². The van der Waals surface area contributed by atoms with E-state index in [1.165, 1.54) is 12.0 Å². The number of carbonyl (C=O) groups is 3. The van der Waals surface area contributed by atoms with E-state index in [4.69, 9.17) is 15.2 Å². The van der Waals surface area contributed by atoms with Crippen LogP contribution in [-0.2, 0) is 31.9 Å². The van der Waals surface area contributed by atoms with Gasteiger partial charge >= 0.3 is 12.1 Å². The summed E-state index contributed by atoms with van der Waals surface area (Å²) < 4.78 is 40.3. The Morgan fingerprint density at radius 2 is 1.72 bits per heavy atom. The van der Waals surface area contributed by atoms with Crippen LogP contribution in [0.1, 0.15) is 44.7 Å². The molecule has 4 aliphatic rings. The number of nitrogen functional groups attached to an aromatic ring is 1. The maximum Gasteiger partial charge on any atom is 0.411 e. The first-order valence-electron chi connectivity index (χ1n) is 10.6. The van der Waals surface area contributed by atoms with Crippen LogP contribution >= 0.6 is 0 Å². The number of nitrogens with zero attached hydrogens (tertiary/aromatic N) is 1. The molecule has 5 rings (SSSR count). The number of carbonyl (C=O) groups excluding carboxylic acids is 3. The van der Waals surface area contributed by atoms with Crippen LogP contribution in [0.5, 0.6) is 0 Å². The van der Waals surface area contributed by atoms with Crippen molar-refractivity contribution in [2.75, 3.05) is 24.7 Å². The fourth-order valence-corrected chi connectivity index (χ4v) is 5.03. The molecule has 1 unspecified atom stereocenters. The molecule has 32 heavy (non-hydrogen) atoms. The predicted octanol–water partition coefficient (Wildman–Crippen LogP) is 2.77. The number of nitrogens with two attached hydrogens (primary N) is 1. The van der Waals surface area contributed by atoms with Crippen LogP contribution in [0.4, 0.5) is 25.0 Å². The van der Waals surface area contributed by atoms with Crippen molar-refractivity contribution in [3.8, 4) is 0 Å². The number of fused-ring (bicyclic) bond motifs is 2. The van der Waals surface area contributed by atoms with Gasteiger partial charge in [-0.25, -0.2) is 13.6 Å². The number of nitrogens with one attached hydrogen (secondary N) is 1. The van der Waals surface area contributed by atoms with E-state index < -0.39 is 58.0 Å². The fraction of sp³-hybridized carbons (Fsp3) is 0.591. The van der Waals surface area contributed by atoms with E-state index in [-0.39, 0.29) is 29.9 Å². The number of anilines is 2. The molecular weight excluding hydrogens is 424 g/mol. The first kappa shape index (κ1) is 22.3. The molecular formula is C22H27F2N3O5. The lowest BCUT2D eigenvalue weighted by molar-refractivity contribution is -0.145. The van der Waals surface area contributed by atoms with Gasteiger partial charge in [-0.2, -0.15) is 0 Å². The van der Waals surface area contributed by atoms with Crippen LogP contribution in [0.25, 0.3) is 0 Å². The lowest BCUT2D eigenvalue weighted by atomic mass is 9.72. The maximum absolute atomic E-state index is 15.3. The number of halogens is 2. The quantitative estimate of drug-likeness (QED) is 0.540. The number of hydrogen-bond donors (Lipinski definition) is 2. The van der Waals surface area contributed by atoms with E-state index in [9.17, 15) is 18.8 Å². The molecule has 2 amide bonds. The molecule has 10 heteroatoms. The van der Waals surface area contributed by atoms with Crippen LogP contribution < -0.4 is 11.1 Å². The Labute approximate surface area is 184 Å². The SMILES string of the molecule is COC(=O)C1Cc2c(F)c(N)c(NC(=O)C34CC(CN3C(=O)OC(C)(C)C)C4)c(F)c2C1. The van der Waals surface area contributed by atoms with E-state index in [2.05, 4.69) is 5.32 Å². The van der Waals surface area contributed by atoms with E-state index in [0.717, 1.165) is 0 Å². The molecule has 2 saturated heterocycles. The van der Waals surface area contributed by atoms with Crippen LogP contribution in [0, 0.1) is 23.5 Å². The molecule has 0 radical (unpaired) electrons. The van der Waals surface area contributed by atoms with Gasteiger partial charge < -0.3 is 20.5 Å². The number of hydrogen-bond acceptors (Lipinski definition) is 6. The van der Waals surface area contributed by atoms with Gasteiger partial charge in [0.05, 0.1) is 18.7 Å². The van der Waals surface area contributed by atoms with Gasteiger partial charge in [0, 0.05) is 6.54 Å². The third-order valence-electron chi connectivity index (χ3n) is 6.54. The minimum atomic E-state index is -1.18. The van der Waals surface area contributed by atoms with Gasteiger partial charge in [0.2, 0.25) is 0 Å². The summed E-state index contributed by atoms with van der Waals surface area (Å²) in [6, 6.07) is 0. The lowest BCUT2D eigenvalue weighted by Crippen LogP contribution is -2.57. The van der Waals surface area contributed by atoms with E-state index in [1.54, 1.807) is 20.8 Å². The van der Waals surface area contributed by atoms with Gasteiger partial charge in [-0.05, 0) is 63.5 Å².